The highest BCUT2D eigenvalue weighted by Gasteiger charge is 2.18. The van der Waals surface area contributed by atoms with Crippen molar-refractivity contribution >= 4 is 5.97 Å². The van der Waals surface area contributed by atoms with Gasteiger partial charge in [-0.2, -0.15) is 0 Å². The zero-order chi connectivity index (χ0) is 18.1. The van der Waals surface area contributed by atoms with Gasteiger partial charge < -0.3 is 20.1 Å². The standard InChI is InChI=1S/C19H28O5/c1-4-5-6-7-8-9-14(12-24-19(23)13(2)3)15-10-16(20)18(22)17(21)11-15/h10-11,14,20-22H,2,4-9,12H2,1,3H3. The number of unbranched alkanes of at least 4 members (excludes halogenated alkanes) is 4. The third-order valence-electron chi connectivity index (χ3n) is 3.98. The molecule has 0 spiro atoms. The van der Waals surface area contributed by atoms with E-state index in [-0.39, 0.29) is 24.0 Å². The van der Waals surface area contributed by atoms with Crippen molar-refractivity contribution in [1.29, 1.82) is 0 Å². The zero-order valence-corrected chi connectivity index (χ0v) is 14.5. The maximum absolute atomic E-state index is 11.6. The topological polar surface area (TPSA) is 87.0 Å². The third-order valence-corrected chi connectivity index (χ3v) is 3.98. The molecule has 5 nitrogen and oxygen atoms in total. The number of aromatic hydroxyl groups is 3. The van der Waals surface area contributed by atoms with E-state index >= 15 is 0 Å². The minimum atomic E-state index is -0.542. The van der Waals surface area contributed by atoms with Gasteiger partial charge in [-0.15, -0.1) is 0 Å². The maximum Gasteiger partial charge on any atom is 0.333 e. The Labute approximate surface area is 143 Å². The Morgan fingerprint density at radius 2 is 1.71 bits per heavy atom. The molecule has 1 rings (SSSR count). The van der Waals surface area contributed by atoms with E-state index in [1.807, 2.05) is 0 Å². The van der Waals surface area contributed by atoms with Crippen molar-refractivity contribution in [2.75, 3.05) is 6.61 Å². The van der Waals surface area contributed by atoms with Crippen LogP contribution in [0.1, 0.15) is 63.9 Å². The highest BCUT2D eigenvalue weighted by atomic mass is 16.5. The number of hydrogen-bond acceptors (Lipinski definition) is 5. The first kappa shape index (κ1) is 19.9. The second-order valence-corrected chi connectivity index (χ2v) is 6.19. The van der Waals surface area contributed by atoms with Gasteiger partial charge in [0, 0.05) is 11.5 Å². The Morgan fingerprint density at radius 3 is 2.25 bits per heavy atom. The molecule has 0 aliphatic heterocycles. The number of rotatable bonds is 10. The van der Waals surface area contributed by atoms with Gasteiger partial charge in [-0.1, -0.05) is 45.6 Å². The van der Waals surface area contributed by atoms with Crippen LogP contribution in [-0.2, 0) is 9.53 Å². The van der Waals surface area contributed by atoms with E-state index in [2.05, 4.69) is 13.5 Å². The lowest BCUT2D eigenvalue weighted by molar-refractivity contribution is -0.139. The first-order valence-corrected chi connectivity index (χ1v) is 8.44. The molecule has 0 saturated carbocycles. The molecule has 0 saturated heterocycles. The Bertz CT molecular complexity index is 542. The summed E-state index contributed by atoms with van der Waals surface area (Å²) in [4.78, 5) is 11.6. The number of carbonyl (C=O) groups is 1. The number of phenolic OH excluding ortho intramolecular Hbond substituents is 3. The maximum atomic E-state index is 11.6. The molecule has 24 heavy (non-hydrogen) atoms. The second kappa shape index (κ2) is 9.85. The number of benzene rings is 1. The van der Waals surface area contributed by atoms with Gasteiger partial charge in [0.25, 0.3) is 0 Å². The van der Waals surface area contributed by atoms with Gasteiger partial charge in [0.2, 0.25) is 0 Å². The number of phenols is 3. The van der Waals surface area contributed by atoms with Crippen molar-refractivity contribution in [1.82, 2.24) is 0 Å². The van der Waals surface area contributed by atoms with Crippen LogP contribution in [0, 0.1) is 0 Å². The van der Waals surface area contributed by atoms with Crippen molar-refractivity contribution in [2.45, 2.75) is 58.3 Å². The second-order valence-electron chi connectivity index (χ2n) is 6.19. The molecule has 3 N–H and O–H groups in total. The monoisotopic (exact) mass is 336 g/mol. The van der Waals surface area contributed by atoms with Gasteiger partial charge in [-0.3, -0.25) is 0 Å². The van der Waals surface area contributed by atoms with Crippen LogP contribution in [-0.4, -0.2) is 27.9 Å². The van der Waals surface area contributed by atoms with E-state index in [0.29, 0.717) is 11.1 Å². The van der Waals surface area contributed by atoms with Crippen LogP contribution in [0.25, 0.3) is 0 Å². The normalized spacial score (nSPS) is 11.9. The van der Waals surface area contributed by atoms with Crippen molar-refractivity contribution in [3.63, 3.8) is 0 Å². The molecule has 0 aliphatic rings. The van der Waals surface area contributed by atoms with Gasteiger partial charge >= 0.3 is 5.97 Å². The molecule has 5 heteroatoms. The Kier molecular flexibility index (Phi) is 8.16. The highest BCUT2D eigenvalue weighted by Crippen LogP contribution is 2.38. The van der Waals surface area contributed by atoms with Crippen LogP contribution in [0.4, 0.5) is 0 Å². The first-order chi connectivity index (χ1) is 11.4. The van der Waals surface area contributed by atoms with Gasteiger partial charge in [0.05, 0.1) is 6.61 Å². The van der Waals surface area contributed by atoms with E-state index in [1.165, 1.54) is 25.0 Å². The van der Waals surface area contributed by atoms with E-state index in [9.17, 15) is 20.1 Å². The number of carbonyl (C=O) groups excluding carboxylic acids is 1. The van der Waals surface area contributed by atoms with Crippen molar-refractivity contribution < 1.29 is 24.9 Å². The molecule has 1 unspecified atom stereocenters. The fourth-order valence-corrected chi connectivity index (χ4v) is 2.50. The number of esters is 1. The molecule has 1 aromatic rings. The van der Waals surface area contributed by atoms with Gasteiger partial charge in [-0.05, 0) is 31.0 Å². The molecule has 0 bridgehead atoms. The van der Waals surface area contributed by atoms with E-state index < -0.39 is 11.7 Å². The molecule has 0 radical (unpaired) electrons. The summed E-state index contributed by atoms with van der Waals surface area (Å²) in [5.41, 5.74) is 0.959. The fraction of sp³-hybridized carbons (Fsp3) is 0.526. The quantitative estimate of drug-likeness (QED) is 0.256. The summed E-state index contributed by atoms with van der Waals surface area (Å²) in [7, 11) is 0. The van der Waals surface area contributed by atoms with Crippen molar-refractivity contribution in [2.24, 2.45) is 0 Å². The van der Waals surface area contributed by atoms with Crippen LogP contribution in [0.2, 0.25) is 0 Å². The van der Waals surface area contributed by atoms with Gasteiger partial charge in [0.15, 0.2) is 17.2 Å². The molecular weight excluding hydrogens is 308 g/mol. The number of ether oxygens (including phenoxy) is 1. The predicted octanol–water partition coefficient (Wildman–Crippen LogP) is 4.37. The van der Waals surface area contributed by atoms with E-state index in [1.54, 1.807) is 6.92 Å². The minimum Gasteiger partial charge on any atom is -0.504 e. The molecule has 0 aliphatic carbocycles. The van der Waals surface area contributed by atoms with Crippen LogP contribution in [0.3, 0.4) is 0 Å². The van der Waals surface area contributed by atoms with Crippen LogP contribution in [0.15, 0.2) is 24.3 Å². The SMILES string of the molecule is C=C(C)C(=O)OCC(CCCCCCC)c1cc(O)c(O)c(O)c1. The largest absolute Gasteiger partial charge is 0.504 e. The summed E-state index contributed by atoms with van der Waals surface area (Å²) in [5, 5.41) is 28.9. The Morgan fingerprint density at radius 1 is 1.12 bits per heavy atom. The first-order valence-electron chi connectivity index (χ1n) is 8.44. The van der Waals surface area contributed by atoms with Crippen LogP contribution >= 0.6 is 0 Å². The summed E-state index contributed by atoms with van der Waals surface area (Å²) < 4.78 is 5.24. The molecule has 0 aromatic heterocycles. The van der Waals surface area contributed by atoms with Gasteiger partial charge in [-0.25, -0.2) is 4.79 Å². The summed E-state index contributed by atoms with van der Waals surface area (Å²) in [6.07, 6.45) is 6.31. The summed E-state index contributed by atoms with van der Waals surface area (Å²) in [5.74, 6) is -1.93. The molecule has 1 aromatic carbocycles. The lowest BCUT2D eigenvalue weighted by Gasteiger charge is -2.18. The van der Waals surface area contributed by atoms with E-state index in [4.69, 9.17) is 4.74 Å². The van der Waals surface area contributed by atoms with E-state index in [0.717, 1.165) is 25.7 Å². The van der Waals surface area contributed by atoms with Crippen molar-refractivity contribution in [3.05, 3.63) is 29.8 Å². The summed E-state index contributed by atoms with van der Waals surface area (Å²) in [6, 6.07) is 2.81. The average Bonchev–Trinajstić information content (AvgIpc) is 2.54. The predicted molar refractivity (Wildman–Crippen MR) is 93.3 cm³/mol. The highest BCUT2D eigenvalue weighted by molar-refractivity contribution is 5.86. The minimum absolute atomic E-state index is 0.142. The number of hydrogen-bond donors (Lipinski definition) is 3. The van der Waals surface area contributed by atoms with Crippen molar-refractivity contribution in [3.8, 4) is 17.2 Å². The smallest absolute Gasteiger partial charge is 0.333 e. The Balaban J connectivity index is 2.79. The molecule has 0 amide bonds. The van der Waals surface area contributed by atoms with Gasteiger partial charge in [0.1, 0.15) is 0 Å². The average molecular weight is 336 g/mol. The zero-order valence-electron chi connectivity index (χ0n) is 14.5. The molecule has 1 atom stereocenters. The fourth-order valence-electron chi connectivity index (χ4n) is 2.50. The Hall–Kier alpha value is -2.17. The lowest BCUT2D eigenvalue weighted by Crippen LogP contribution is -2.13. The summed E-state index contributed by atoms with van der Waals surface area (Å²) >= 11 is 0. The molecule has 134 valence electrons. The summed E-state index contributed by atoms with van der Waals surface area (Å²) in [6.45, 7) is 7.43. The van der Waals surface area contributed by atoms with Crippen LogP contribution < -0.4 is 0 Å². The van der Waals surface area contributed by atoms with Crippen LogP contribution in [0.5, 0.6) is 17.2 Å². The molecule has 0 fully saturated rings. The molecule has 0 heterocycles. The molecular formula is C19H28O5. The third kappa shape index (κ3) is 6.14. The lowest BCUT2D eigenvalue weighted by atomic mass is 9.93.